The molecule has 154 valence electrons. The Morgan fingerprint density at radius 3 is 2.59 bits per heavy atom. The van der Waals surface area contributed by atoms with Gasteiger partial charge in [0.1, 0.15) is 11.9 Å². The van der Waals surface area contributed by atoms with Gasteiger partial charge in [-0.3, -0.25) is 9.78 Å². The van der Waals surface area contributed by atoms with Crippen molar-refractivity contribution in [3.63, 3.8) is 0 Å². The number of carbonyl (C=O) groups excluding carboxylic acids is 1. The number of aliphatic hydroxyl groups excluding tert-OH is 1. The van der Waals surface area contributed by atoms with Gasteiger partial charge in [-0.2, -0.15) is 0 Å². The monoisotopic (exact) mass is 395 g/mol. The van der Waals surface area contributed by atoms with E-state index in [1.807, 2.05) is 31.1 Å². The maximum Gasteiger partial charge on any atom is 0.252 e. The van der Waals surface area contributed by atoms with Crippen molar-refractivity contribution in [1.82, 2.24) is 19.9 Å². The van der Waals surface area contributed by atoms with Gasteiger partial charge in [0.05, 0.1) is 12.2 Å². The minimum Gasteiger partial charge on any atom is -0.383 e. The zero-order chi connectivity index (χ0) is 20.4. The number of hydrogen-bond acceptors (Lipinski definition) is 6. The van der Waals surface area contributed by atoms with Crippen LogP contribution in [0.15, 0.2) is 24.5 Å². The fourth-order valence-electron chi connectivity index (χ4n) is 4.44. The summed E-state index contributed by atoms with van der Waals surface area (Å²) in [6.45, 7) is 1.01. The molecule has 7 nitrogen and oxygen atoms in total. The molecule has 4 rings (SSSR count). The molecule has 0 radical (unpaired) electrons. The summed E-state index contributed by atoms with van der Waals surface area (Å²) in [6.07, 6.45) is 8.55. The smallest absolute Gasteiger partial charge is 0.252 e. The summed E-state index contributed by atoms with van der Waals surface area (Å²) in [4.78, 5) is 30.4. The molecule has 1 N–H and O–H groups in total. The normalized spacial score (nSPS) is 18.2. The van der Waals surface area contributed by atoms with Crippen molar-refractivity contribution in [2.45, 2.75) is 51.2 Å². The molecule has 1 atom stereocenters. The molecule has 1 fully saturated rings. The molecule has 1 aliphatic heterocycles. The van der Waals surface area contributed by atoms with Crippen molar-refractivity contribution in [1.29, 1.82) is 0 Å². The highest BCUT2D eigenvalue weighted by Gasteiger charge is 2.33. The predicted octanol–water partition coefficient (Wildman–Crippen LogP) is 2.43. The molecule has 1 aliphatic carbocycles. The number of carbonyl (C=O) groups is 1. The van der Waals surface area contributed by atoms with E-state index in [0.29, 0.717) is 25.3 Å². The molecule has 0 saturated heterocycles. The van der Waals surface area contributed by atoms with Gasteiger partial charge in [0.2, 0.25) is 0 Å². The second kappa shape index (κ2) is 8.45. The third-order valence-corrected chi connectivity index (χ3v) is 6.07. The third-order valence-electron chi connectivity index (χ3n) is 6.07. The Bertz CT molecular complexity index is 865. The number of aromatic nitrogens is 3. The van der Waals surface area contributed by atoms with Crippen LogP contribution in [-0.2, 0) is 17.8 Å². The van der Waals surface area contributed by atoms with Crippen molar-refractivity contribution in [3.8, 4) is 11.4 Å². The Kier molecular flexibility index (Phi) is 5.76. The van der Waals surface area contributed by atoms with Crippen molar-refractivity contribution in [3.05, 3.63) is 35.8 Å². The Morgan fingerprint density at radius 2 is 1.90 bits per heavy atom. The molecule has 0 spiro atoms. The number of aliphatic hydroxyl groups is 1. The first kappa shape index (κ1) is 19.8. The lowest BCUT2D eigenvalue weighted by molar-refractivity contribution is -0.144. The molecule has 1 saturated carbocycles. The lowest BCUT2D eigenvalue weighted by Gasteiger charge is -2.34. The lowest BCUT2D eigenvalue weighted by Crippen LogP contribution is -2.45. The van der Waals surface area contributed by atoms with Crippen LogP contribution < -0.4 is 4.90 Å². The van der Waals surface area contributed by atoms with E-state index in [0.717, 1.165) is 48.3 Å². The van der Waals surface area contributed by atoms with Crippen LogP contribution in [-0.4, -0.2) is 57.6 Å². The molecule has 2 aromatic heterocycles. The number of rotatable bonds is 4. The number of anilines is 1. The van der Waals surface area contributed by atoms with Gasteiger partial charge >= 0.3 is 0 Å². The minimum atomic E-state index is -0.897. The van der Waals surface area contributed by atoms with Gasteiger partial charge in [-0.1, -0.05) is 19.3 Å². The van der Waals surface area contributed by atoms with Gasteiger partial charge in [0.15, 0.2) is 5.82 Å². The van der Waals surface area contributed by atoms with Crippen LogP contribution in [0.3, 0.4) is 0 Å². The molecular weight excluding hydrogens is 366 g/mol. The van der Waals surface area contributed by atoms with Gasteiger partial charge in [0.25, 0.3) is 5.91 Å². The highest BCUT2D eigenvalue weighted by Crippen LogP contribution is 2.31. The summed E-state index contributed by atoms with van der Waals surface area (Å²) in [5.41, 5.74) is 2.85. The van der Waals surface area contributed by atoms with Crippen LogP contribution in [0.4, 0.5) is 5.82 Å². The Hall–Kier alpha value is -2.54. The number of pyridine rings is 1. The van der Waals surface area contributed by atoms with Crippen LogP contribution in [0.5, 0.6) is 0 Å². The average Bonchev–Trinajstić information content (AvgIpc) is 2.78. The van der Waals surface area contributed by atoms with Crippen LogP contribution in [0.25, 0.3) is 11.4 Å². The van der Waals surface area contributed by atoms with Crippen molar-refractivity contribution >= 4 is 11.7 Å². The topological polar surface area (TPSA) is 82.5 Å². The molecule has 0 aromatic carbocycles. The van der Waals surface area contributed by atoms with E-state index in [2.05, 4.69) is 4.98 Å². The zero-order valence-electron chi connectivity index (χ0n) is 17.2. The Balaban J connectivity index is 1.60. The van der Waals surface area contributed by atoms with Crippen LogP contribution in [0.1, 0.15) is 43.4 Å². The maximum absolute atomic E-state index is 13.0. The minimum absolute atomic E-state index is 0.0905. The fourth-order valence-corrected chi connectivity index (χ4v) is 4.44. The van der Waals surface area contributed by atoms with Crippen LogP contribution in [0.2, 0.25) is 0 Å². The largest absolute Gasteiger partial charge is 0.383 e. The number of amides is 1. The molecule has 3 heterocycles. The lowest BCUT2D eigenvalue weighted by atomic mass is 9.84. The molecular formula is C22H29N5O2. The van der Waals surface area contributed by atoms with E-state index in [1.54, 1.807) is 17.3 Å². The Morgan fingerprint density at radius 1 is 1.17 bits per heavy atom. The highest BCUT2D eigenvalue weighted by molar-refractivity contribution is 5.81. The second-order valence-corrected chi connectivity index (χ2v) is 8.28. The summed E-state index contributed by atoms with van der Waals surface area (Å²) in [5.74, 6) is 1.46. The summed E-state index contributed by atoms with van der Waals surface area (Å²) >= 11 is 0. The first-order valence-corrected chi connectivity index (χ1v) is 10.5. The first-order chi connectivity index (χ1) is 14.0. The SMILES string of the molecule is CN(C)c1nc(-c2ccncc2)nc2c1CCN(C(=O)[C@H](O)C1CCCCC1)C2. The maximum atomic E-state index is 13.0. The molecule has 29 heavy (non-hydrogen) atoms. The molecule has 7 heteroatoms. The van der Waals surface area contributed by atoms with E-state index in [1.165, 1.54) is 6.42 Å². The van der Waals surface area contributed by atoms with Gasteiger partial charge < -0.3 is 14.9 Å². The fraction of sp³-hybridized carbons (Fsp3) is 0.545. The van der Waals surface area contributed by atoms with Gasteiger partial charge in [-0.15, -0.1) is 0 Å². The van der Waals surface area contributed by atoms with Gasteiger partial charge in [0, 0.05) is 44.2 Å². The standard InChI is InChI=1S/C22H29N5O2/c1-26(2)21-17-10-13-27(22(29)19(28)15-6-4-3-5-7-15)14-18(17)24-20(25-21)16-8-11-23-12-9-16/h8-9,11-12,15,19,28H,3-7,10,13-14H2,1-2H3/t19-/m1/s1. The van der Waals surface area contributed by atoms with Crippen molar-refractivity contribution < 1.29 is 9.90 Å². The van der Waals surface area contributed by atoms with Crippen molar-refractivity contribution in [2.75, 3.05) is 25.5 Å². The zero-order valence-corrected chi connectivity index (χ0v) is 17.2. The molecule has 1 amide bonds. The molecule has 2 aromatic rings. The summed E-state index contributed by atoms with van der Waals surface area (Å²) in [6, 6.07) is 3.78. The van der Waals surface area contributed by atoms with Crippen LogP contribution >= 0.6 is 0 Å². The second-order valence-electron chi connectivity index (χ2n) is 8.28. The summed E-state index contributed by atoms with van der Waals surface area (Å²) in [5, 5.41) is 10.7. The van der Waals surface area contributed by atoms with E-state index in [9.17, 15) is 9.90 Å². The summed E-state index contributed by atoms with van der Waals surface area (Å²) < 4.78 is 0. The molecule has 0 unspecified atom stereocenters. The van der Waals surface area contributed by atoms with E-state index in [4.69, 9.17) is 9.97 Å². The third kappa shape index (κ3) is 4.10. The van der Waals surface area contributed by atoms with E-state index in [-0.39, 0.29) is 11.8 Å². The Labute approximate surface area is 171 Å². The first-order valence-electron chi connectivity index (χ1n) is 10.5. The average molecular weight is 396 g/mol. The molecule has 0 bridgehead atoms. The number of nitrogens with zero attached hydrogens (tertiary/aromatic N) is 5. The van der Waals surface area contributed by atoms with E-state index >= 15 is 0 Å². The summed E-state index contributed by atoms with van der Waals surface area (Å²) in [7, 11) is 3.95. The predicted molar refractivity (Wildman–Crippen MR) is 111 cm³/mol. The quantitative estimate of drug-likeness (QED) is 0.856. The van der Waals surface area contributed by atoms with Gasteiger partial charge in [-0.25, -0.2) is 9.97 Å². The van der Waals surface area contributed by atoms with Crippen molar-refractivity contribution in [2.24, 2.45) is 5.92 Å². The van der Waals surface area contributed by atoms with Crippen LogP contribution in [0, 0.1) is 5.92 Å². The van der Waals surface area contributed by atoms with E-state index < -0.39 is 6.10 Å². The highest BCUT2D eigenvalue weighted by atomic mass is 16.3. The number of hydrogen-bond donors (Lipinski definition) is 1. The van der Waals surface area contributed by atoms with Gasteiger partial charge in [-0.05, 0) is 37.3 Å². The molecule has 2 aliphatic rings. The number of fused-ring (bicyclic) bond motifs is 1.